The lowest BCUT2D eigenvalue weighted by molar-refractivity contribution is 0.0719. The van der Waals surface area contributed by atoms with Crippen molar-refractivity contribution in [3.05, 3.63) is 35.0 Å². The lowest BCUT2D eigenvalue weighted by atomic mass is 9.89. The van der Waals surface area contributed by atoms with Gasteiger partial charge >= 0.3 is 0 Å². The van der Waals surface area contributed by atoms with Gasteiger partial charge in [0.2, 0.25) is 0 Å². The summed E-state index contributed by atoms with van der Waals surface area (Å²) in [6, 6.07) is 7.59. The van der Waals surface area contributed by atoms with E-state index in [0.29, 0.717) is 16.6 Å². The number of rotatable bonds is 4. The summed E-state index contributed by atoms with van der Waals surface area (Å²) < 4.78 is 0. The minimum absolute atomic E-state index is 0.0976. The van der Waals surface area contributed by atoms with Crippen LogP contribution in [-0.4, -0.2) is 28.9 Å². The van der Waals surface area contributed by atoms with Crippen LogP contribution in [0, 0.1) is 5.92 Å². The number of aromatic amines is 1. The third kappa shape index (κ3) is 3.30. The van der Waals surface area contributed by atoms with Gasteiger partial charge in [0.05, 0.1) is 0 Å². The first-order valence-corrected chi connectivity index (χ1v) is 8.62. The third-order valence-corrected chi connectivity index (χ3v) is 4.92. The van der Waals surface area contributed by atoms with Gasteiger partial charge in [-0.05, 0) is 43.9 Å². The molecule has 1 N–H and O–H groups in total. The summed E-state index contributed by atoms with van der Waals surface area (Å²) >= 11 is 6.01. The van der Waals surface area contributed by atoms with Crippen molar-refractivity contribution < 1.29 is 4.79 Å². The van der Waals surface area contributed by atoms with E-state index in [2.05, 4.69) is 11.9 Å². The first-order chi connectivity index (χ1) is 10.7. The number of carbonyl (C=O) groups excluding carboxylic acids is 1. The molecule has 118 valence electrons. The van der Waals surface area contributed by atoms with E-state index in [-0.39, 0.29) is 5.91 Å². The number of halogens is 1. The van der Waals surface area contributed by atoms with Gasteiger partial charge < -0.3 is 9.88 Å². The van der Waals surface area contributed by atoms with Crippen molar-refractivity contribution in [1.29, 1.82) is 0 Å². The molecule has 0 aliphatic heterocycles. The zero-order chi connectivity index (χ0) is 15.5. The number of hydrogen-bond donors (Lipinski definition) is 1. The SMILES string of the molecule is CCN(CC1CCCCC1)C(=O)c1cc2ccc(Cl)cc2[nH]1. The summed E-state index contributed by atoms with van der Waals surface area (Å²) in [4.78, 5) is 18.0. The van der Waals surface area contributed by atoms with Gasteiger partial charge in [-0.25, -0.2) is 0 Å². The highest BCUT2D eigenvalue weighted by atomic mass is 35.5. The summed E-state index contributed by atoms with van der Waals surface area (Å²) in [6.07, 6.45) is 6.47. The van der Waals surface area contributed by atoms with Crippen LogP contribution in [0.2, 0.25) is 5.02 Å². The third-order valence-electron chi connectivity index (χ3n) is 4.69. The molecule has 0 atom stereocenters. The molecule has 1 aliphatic carbocycles. The van der Waals surface area contributed by atoms with Crippen molar-refractivity contribution in [2.75, 3.05) is 13.1 Å². The van der Waals surface area contributed by atoms with Crippen LogP contribution in [0.5, 0.6) is 0 Å². The lowest BCUT2D eigenvalue weighted by Gasteiger charge is -2.28. The predicted molar refractivity (Wildman–Crippen MR) is 91.5 cm³/mol. The van der Waals surface area contributed by atoms with Gasteiger partial charge in [-0.3, -0.25) is 4.79 Å². The molecular weight excluding hydrogens is 296 g/mol. The predicted octanol–water partition coefficient (Wildman–Crippen LogP) is 4.86. The Balaban J connectivity index is 1.76. The molecule has 4 heteroatoms. The average Bonchev–Trinajstić information content (AvgIpc) is 2.96. The number of nitrogens with one attached hydrogen (secondary N) is 1. The van der Waals surface area contributed by atoms with Crippen LogP contribution in [0.3, 0.4) is 0 Å². The van der Waals surface area contributed by atoms with Crippen LogP contribution >= 0.6 is 11.6 Å². The number of benzene rings is 1. The van der Waals surface area contributed by atoms with Crippen molar-refractivity contribution in [2.45, 2.75) is 39.0 Å². The topological polar surface area (TPSA) is 36.1 Å². The largest absolute Gasteiger partial charge is 0.350 e. The Kier molecular flexibility index (Phi) is 4.72. The summed E-state index contributed by atoms with van der Waals surface area (Å²) in [5, 5.41) is 1.71. The highest BCUT2D eigenvalue weighted by Crippen LogP contribution is 2.25. The fourth-order valence-electron chi connectivity index (χ4n) is 3.42. The van der Waals surface area contributed by atoms with Crippen LogP contribution < -0.4 is 0 Å². The van der Waals surface area contributed by atoms with Crippen LogP contribution in [-0.2, 0) is 0 Å². The number of H-pyrrole nitrogens is 1. The number of aromatic nitrogens is 1. The summed E-state index contributed by atoms with van der Waals surface area (Å²) in [6.45, 7) is 3.69. The molecule has 0 spiro atoms. The minimum atomic E-state index is 0.0976. The van der Waals surface area contributed by atoms with Crippen LogP contribution in [0.4, 0.5) is 0 Å². The molecule has 1 aromatic carbocycles. The Hall–Kier alpha value is -1.48. The monoisotopic (exact) mass is 318 g/mol. The minimum Gasteiger partial charge on any atom is -0.350 e. The van der Waals surface area contributed by atoms with E-state index in [9.17, 15) is 4.79 Å². The maximum atomic E-state index is 12.8. The van der Waals surface area contributed by atoms with Gasteiger partial charge in [0.25, 0.3) is 5.91 Å². The van der Waals surface area contributed by atoms with E-state index < -0.39 is 0 Å². The number of amides is 1. The van der Waals surface area contributed by atoms with E-state index in [1.807, 2.05) is 29.2 Å². The molecule has 1 amide bonds. The molecule has 1 aromatic heterocycles. The standard InChI is InChI=1S/C18H23ClN2O/c1-2-21(12-13-6-4-3-5-7-13)18(22)17-10-14-8-9-15(19)11-16(14)20-17/h8-11,13,20H,2-7,12H2,1H3. The molecular formula is C18H23ClN2O. The Morgan fingerprint density at radius 3 is 2.77 bits per heavy atom. The Morgan fingerprint density at radius 1 is 1.27 bits per heavy atom. The second kappa shape index (κ2) is 6.74. The quantitative estimate of drug-likeness (QED) is 0.858. The molecule has 1 fully saturated rings. The molecule has 3 nitrogen and oxygen atoms in total. The Labute approximate surface area is 136 Å². The van der Waals surface area contributed by atoms with Crippen molar-refractivity contribution in [3.63, 3.8) is 0 Å². The van der Waals surface area contributed by atoms with Gasteiger partial charge in [-0.15, -0.1) is 0 Å². The fourth-order valence-corrected chi connectivity index (χ4v) is 3.59. The van der Waals surface area contributed by atoms with Crippen molar-refractivity contribution in [3.8, 4) is 0 Å². The molecule has 1 saturated carbocycles. The second-order valence-electron chi connectivity index (χ2n) is 6.26. The maximum Gasteiger partial charge on any atom is 0.270 e. The summed E-state index contributed by atoms with van der Waals surface area (Å²) in [7, 11) is 0. The molecule has 3 rings (SSSR count). The highest BCUT2D eigenvalue weighted by molar-refractivity contribution is 6.31. The summed E-state index contributed by atoms with van der Waals surface area (Å²) in [5.41, 5.74) is 1.58. The van der Waals surface area contributed by atoms with E-state index >= 15 is 0 Å². The second-order valence-corrected chi connectivity index (χ2v) is 6.70. The van der Waals surface area contributed by atoms with E-state index in [1.54, 1.807) is 0 Å². The maximum absolute atomic E-state index is 12.8. The highest BCUT2D eigenvalue weighted by Gasteiger charge is 2.21. The van der Waals surface area contributed by atoms with E-state index in [0.717, 1.165) is 24.0 Å². The van der Waals surface area contributed by atoms with Gasteiger partial charge in [-0.2, -0.15) is 0 Å². The van der Waals surface area contributed by atoms with Crippen molar-refractivity contribution >= 4 is 28.4 Å². The Morgan fingerprint density at radius 2 is 2.05 bits per heavy atom. The van der Waals surface area contributed by atoms with Crippen LogP contribution in [0.25, 0.3) is 10.9 Å². The zero-order valence-electron chi connectivity index (χ0n) is 13.1. The first-order valence-electron chi connectivity index (χ1n) is 8.25. The molecule has 0 unspecified atom stereocenters. The molecule has 0 radical (unpaired) electrons. The zero-order valence-corrected chi connectivity index (χ0v) is 13.8. The van der Waals surface area contributed by atoms with E-state index in [1.165, 1.54) is 32.1 Å². The van der Waals surface area contributed by atoms with Gasteiger partial charge in [0.15, 0.2) is 0 Å². The number of nitrogens with zero attached hydrogens (tertiary/aromatic N) is 1. The number of hydrogen-bond acceptors (Lipinski definition) is 1. The summed E-state index contributed by atoms with van der Waals surface area (Å²) in [5.74, 6) is 0.761. The van der Waals surface area contributed by atoms with Gasteiger partial charge in [-0.1, -0.05) is 36.9 Å². The molecule has 0 bridgehead atoms. The fraction of sp³-hybridized carbons (Fsp3) is 0.500. The van der Waals surface area contributed by atoms with E-state index in [4.69, 9.17) is 11.6 Å². The average molecular weight is 319 g/mol. The normalized spacial score (nSPS) is 16.1. The number of fused-ring (bicyclic) bond motifs is 1. The molecule has 1 heterocycles. The number of carbonyl (C=O) groups is 1. The van der Waals surface area contributed by atoms with Crippen LogP contribution in [0.1, 0.15) is 49.5 Å². The smallest absolute Gasteiger partial charge is 0.270 e. The van der Waals surface area contributed by atoms with Crippen molar-refractivity contribution in [1.82, 2.24) is 9.88 Å². The van der Waals surface area contributed by atoms with Gasteiger partial charge in [0, 0.05) is 29.0 Å². The molecule has 22 heavy (non-hydrogen) atoms. The molecule has 2 aromatic rings. The lowest BCUT2D eigenvalue weighted by Crippen LogP contribution is -2.36. The van der Waals surface area contributed by atoms with Gasteiger partial charge in [0.1, 0.15) is 5.69 Å². The first kappa shape index (κ1) is 15.4. The molecule has 0 saturated heterocycles. The van der Waals surface area contributed by atoms with Crippen molar-refractivity contribution in [2.24, 2.45) is 5.92 Å². The van der Waals surface area contributed by atoms with Crippen LogP contribution in [0.15, 0.2) is 24.3 Å². The Bertz CT molecular complexity index is 658. The molecule has 1 aliphatic rings.